The number of non-ortho nitro benzene ring substituents is 1. The van der Waals surface area contributed by atoms with Crippen molar-refractivity contribution in [3.63, 3.8) is 0 Å². The minimum atomic E-state index is -0.613. The Morgan fingerprint density at radius 1 is 1.11 bits per heavy atom. The molecular formula is C17H14Cl3N3O4. The molecule has 142 valence electrons. The molecule has 0 saturated carbocycles. The molecule has 0 bridgehead atoms. The van der Waals surface area contributed by atoms with Gasteiger partial charge in [0.2, 0.25) is 5.91 Å². The normalized spacial score (nSPS) is 10.4. The zero-order valence-corrected chi connectivity index (χ0v) is 16.3. The fourth-order valence-corrected chi connectivity index (χ4v) is 3.01. The first-order valence-electron chi connectivity index (χ1n) is 7.71. The predicted molar refractivity (Wildman–Crippen MR) is 105 cm³/mol. The van der Waals surface area contributed by atoms with E-state index in [-0.39, 0.29) is 45.1 Å². The number of nitro groups is 1. The summed E-state index contributed by atoms with van der Waals surface area (Å²) in [5.74, 6) is -1.03. The van der Waals surface area contributed by atoms with Crippen LogP contribution in [0, 0.1) is 10.1 Å². The standard InChI is InChI=1S/C17H14Cl3N3O4/c1-2-22(9-15(24)21-16-12(18)4-3-5-13(16)19)17(25)11-7-6-10(23(26)27)8-14(11)20/h3-8H,2,9H2,1H3,(H,21,24). The molecule has 0 heterocycles. The van der Waals surface area contributed by atoms with E-state index < -0.39 is 16.7 Å². The van der Waals surface area contributed by atoms with Crippen LogP contribution in [0.25, 0.3) is 0 Å². The van der Waals surface area contributed by atoms with Gasteiger partial charge in [-0.3, -0.25) is 19.7 Å². The molecule has 0 radical (unpaired) electrons. The molecule has 10 heteroatoms. The van der Waals surface area contributed by atoms with Crippen molar-refractivity contribution in [2.75, 3.05) is 18.4 Å². The first kappa shape index (κ1) is 21.0. The number of nitro benzene ring substituents is 1. The third-order valence-electron chi connectivity index (χ3n) is 3.62. The Morgan fingerprint density at radius 2 is 1.74 bits per heavy atom. The summed E-state index contributed by atoms with van der Waals surface area (Å²) in [6, 6.07) is 8.31. The Morgan fingerprint density at radius 3 is 2.26 bits per heavy atom. The van der Waals surface area contributed by atoms with Gasteiger partial charge in [0.05, 0.1) is 31.2 Å². The molecule has 0 saturated heterocycles. The van der Waals surface area contributed by atoms with Crippen molar-refractivity contribution in [1.29, 1.82) is 0 Å². The van der Waals surface area contributed by atoms with Crippen LogP contribution < -0.4 is 5.32 Å². The Bertz CT molecular complexity index is 885. The van der Waals surface area contributed by atoms with Crippen LogP contribution in [0.15, 0.2) is 36.4 Å². The van der Waals surface area contributed by atoms with Gasteiger partial charge in [-0.25, -0.2) is 0 Å². The number of carbonyl (C=O) groups is 2. The number of halogens is 3. The lowest BCUT2D eigenvalue weighted by atomic mass is 10.1. The van der Waals surface area contributed by atoms with Gasteiger partial charge in [0.15, 0.2) is 0 Å². The summed E-state index contributed by atoms with van der Waals surface area (Å²) in [6.45, 7) is 1.63. The first-order valence-corrected chi connectivity index (χ1v) is 8.85. The van der Waals surface area contributed by atoms with E-state index in [1.165, 1.54) is 17.0 Å². The van der Waals surface area contributed by atoms with Gasteiger partial charge in [0.1, 0.15) is 6.54 Å². The molecule has 2 aromatic rings. The molecule has 2 amide bonds. The molecule has 0 aliphatic heterocycles. The number of anilines is 1. The average Bonchev–Trinajstić information content (AvgIpc) is 2.62. The summed E-state index contributed by atoms with van der Waals surface area (Å²) >= 11 is 18.0. The summed E-state index contributed by atoms with van der Waals surface area (Å²) in [7, 11) is 0. The number of carbonyl (C=O) groups excluding carboxylic acids is 2. The van der Waals surface area contributed by atoms with E-state index in [0.29, 0.717) is 0 Å². The van der Waals surface area contributed by atoms with Gasteiger partial charge in [-0.15, -0.1) is 0 Å². The number of benzene rings is 2. The highest BCUT2D eigenvalue weighted by Crippen LogP contribution is 2.30. The number of nitrogens with one attached hydrogen (secondary N) is 1. The minimum Gasteiger partial charge on any atom is -0.330 e. The molecule has 0 atom stereocenters. The van der Waals surface area contributed by atoms with Crippen LogP contribution in [0.3, 0.4) is 0 Å². The maximum absolute atomic E-state index is 12.6. The van der Waals surface area contributed by atoms with E-state index >= 15 is 0 Å². The second-order valence-electron chi connectivity index (χ2n) is 5.39. The van der Waals surface area contributed by atoms with Crippen LogP contribution in [0.1, 0.15) is 17.3 Å². The lowest BCUT2D eigenvalue weighted by Gasteiger charge is -2.21. The third-order valence-corrected chi connectivity index (χ3v) is 4.57. The van der Waals surface area contributed by atoms with E-state index in [1.54, 1.807) is 25.1 Å². The molecule has 0 aliphatic carbocycles. The third kappa shape index (κ3) is 5.09. The quantitative estimate of drug-likeness (QED) is 0.533. The lowest BCUT2D eigenvalue weighted by Crippen LogP contribution is -2.38. The molecule has 0 fully saturated rings. The van der Waals surface area contributed by atoms with Crippen LogP contribution in [0.2, 0.25) is 15.1 Å². The van der Waals surface area contributed by atoms with Crippen molar-refractivity contribution >= 4 is 58.0 Å². The molecular weight excluding hydrogens is 417 g/mol. The maximum Gasteiger partial charge on any atom is 0.270 e. The highest BCUT2D eigenvalue weighted by molar-refractivity contribution is 6.39. The Kier molecular flexibility index (Phi) is 7.01. The van der Waals surface area contributed by atoms with Crippen molar-refractivity contribution in [2.45, 2.75) is 6.92 Å². The van der Waals surface area contributed by atoms with Crippen LogP contribution in [-0.2, 0) is 4.79 Å². The highest BCUT2D eigenvalue weighted by atomic mass is 35.5. The van der Waals surface area contributed by atoms with Gasteiger partial charge < -0.3 is 10.2 Å². The summed E-state index contributed by atoms with van der Waals surface area (Å²) in [5.41, 5.74) is 0.0844. The number of para-hydroxylation sites is 1. The minimum absolute atomic E-state index is 0.0627. The number of hydrogen-bond donors (Lipinski definition) is 1. The van der Waals surface area contributed by atoms with E-state index in [9.17, 15) is 19.7 Å². The van der Waals surface area contributed by atoms with E-state index in [2.05, 4.69) is 5.32 Å². The van der Waals surface area contributed by atoms with Gasteiger partial charge in [-0.05, 0) is 25.1 Å². The SMILES string of the molecule is CCN(CC(=O)Nc1c(Cl)cccc1Cl)C(=O)c1ccc([N+](=O)[O-])cc1Cl. The van der Waals surface area contributed by atoms with Crippen LogP contribution in [0.4, 0.5) is 11.4 Å². The molecule has 27 heavy (non-hydrogen) atoms. The molecule has 0 unspecified atom stereocenters. The zero-order chi connectivity index (χ0) is 20.1. The van der Waals surface area contributed by atoms with Crippen molar-refractivity contribution < 1.29 is 14.5 Å². The van der Waals surface area contributed by atoms with E-state index in [1.807, 2.05) is 0 Å². The maximum atomic E-state index is 12.6. The monoisotopic (exact) mass is 429 g/mol. The molecule has 0 aromatic heterocycles. The Balaban J connectivity index is 2.15. The van der Waals surface area contributed by atoms with Crippen molar-refractivity contribution in [3.05, 3.63) is 67.1 Å². The second kappa shape index (κ2) is 9.03. The van der Waals surface area contributed by atoms with Crippen LogP contribution >= 0.6 is 34.8 Å². The largest absolute Gasteiger partial charge is 0.330 e. The number of likely N-dealkylation sites (N-methyl/N-ethyl adjacent to an activating group) is 1. The first-order chi connectivity index (χ1) is 12.7. The zero-order valence-electron chi connectivity index (χ0n) is 14.0. The Labute approximate surface area is 170 Å². The Hall–Kier alpha value is -2.35. The number of amides is 2. The van der Waals surface area contributed by atoms with Gasteiger partial charge in [0, 0.05) is 18.7 Å². The lowest BCUT2D eigenvalue weighted by molar-refractivity contribution is -0.384. The van der Waals surface area contributed by atoms with Crippen molar-refractivity contribution in [2.24, 2.45) is 0 Å². The fourth-order valence-electron chi connectivity index (χ4n) is 2.26. The topological polar surface area (TPSA) is 92.6 Å². The predicted octanol–water partition coefficient (Wildman–Crippen LogP) is 4.66. The second-order valence-corrected chi connectivity index (χ2v) is 6.61. The molecule has 0 aliphatic rings. The van der Waals surface area contributed by atoms with E-state index in [0.717, 1.165) is 6.07 Å². The fraction of sp³-hybridized carbons (Fsp3) is 0.176. The number of rotatable bonds is 6. The average molecular weight is 431 g/mol. The van der Waals surface area contributed by atoms with Crippen LogP contribution in [0.5, 0.6) is 0 Å². The molecule has 1 N–H and O–H groups in total. The van der Waals surface area contributed by atoms with Gasteiger partial charge in [0.25, 0.3) is 11.6 Å². The van der Waals surface area contributed by atoms with E-state index in [4.69, 9.17) is 34.8 Å². The van der Waals surface area contributed by atoms with Gasteiger partial charge in [-0.2, -0.15) is 0 Å². The number of hydrogen-bond acceptors (Lipinski definition) is 4. The summed E-state index contributed by atoms with van der Waals surface area (Å²) < 4.78 is 0. The smallest absolute Gasteiger partial charge is 0.270 e. The van der Waals surface area contributed by atoms with Crippen LogP contribution in [-0.4, -0.2) is 34.7 Å². The van der Waals surface area contributed by atoms with Crippen molar-refractivity contribution in [1.82, 2.24) is 4.90 Å². The van der Waals surface area contributed by atoms with Crippen molar-refractivity contribution in [3.8, 4) is 0 Å². The summed E-state index contributed by atoms with van der Waals surface area (Å²) in [6.07, 6.45) is 0. The molecule has 2 rings (SSSR count). The summed E-state index contributed by atoms with van der Waals surface area (Å²) in [5, 5.41) is 13.8. The molecule has 2 aromatic carbocycles. The molecule has 7 nitrogen and oxygen atoms in total. The molecule has 0 spiro atoms. The number of nitrogens with zero attached hydrogens (tertiary/aromatic N) is 2. The van der Waals surface area contributed by atoms with Gasteiger partial charge in [-0.1, -0.05) is 40.9 Å². The summed E-state index contributed by atoms with van der Waals surface area (Å²) in [4.78, 5) is 36.4. The van der Waals surface area contributed by atoms with Gasteiger partial charge >= 0.3 is 0 Å². The highest BCUT2D eigenvalue weighted by Gasteiger charge is 2.22.